The molecule has 0 spiro atoms. The van der Waals surface area contributed by atoms with Crippen LogP contribution in [0.15, 0.2) is 53.7 Å². The van der Waals surface area contributed by atoms with E-state index in [1.54, 1.807) is 26.0 Å². The Balaban J connectivity index is 1.36. The van der Waals surface area contributed by atoms with Crippen molar-refractivity contribution < 1.29 is 42.2 Å². The Morgan fingerprint density at radius 2 is 1.71 bits per heavy atom. The van der Waals surface area contributed by atoms with Crippen LogP contribution < -0.4 is 10.1 Å². The zero-order valence-corrected chi connectivity index (χ0v) is 26.9. The third-order valence-corrected chi connectivity index (χ3v) is 10.7. The molecule has 0 unspecified atom stereocenters. The van der Waals surface area contributed by atoms with E-state index in [0.717, 1.165) is 10.7 Å². The predicted octanol–water partition coefficient (Wildman–Crippen LogP) is 2.40. The van der Waals surface area contributed by atoms with Gasteiger partial charge in [0.1, 0.15) is 22.7 Å². The van der Waals surface area contributed by atoms with Crippen LogP contribution >= 0.6 is 11.8 Å². The Labute approximate surface area is 266 Å². The van der Waals surface area contributed by atoms with Crippen LogP contribution in [0.1, 0.15) is 32.8 Å². The molecule has 0 saturated carbocycles. The third kappa shape index (κ3) is 8.23. The first kappa shape index (κ1) is 34.0. The maximum absolute atomic E-state index is 13.5. The summed E-state index contributed by atoms with van der Waals surface area (Å²) in [5.41, 5.74) is 0.543. The number of thioether (sulfide) groups is 1. The Morgan fingerprint density at radius 3 is 2.29 bits per heavy atom. The van der Waals surface area contributed by atoms with Crippen molar-refractivity contribution in [2.45, 2.75) is 55.3 Å². The number of hydrogen-bond acceptors (Lipinski definition) is 10. The average molecular weight is 664 g/mol. The first-order chi connectivity index (χ1) is 21.3. The molecule has 3 heterocycles. The maximum atomic E-state index is 13.5. The number of carboxylic acids is 1. The standard InChI is InChI=1S/C29H37N5O9S2/c1-4-16-42-27(38)32-12-14-33(15-13-32)28(39)43-21-9-7-20(8-10-21)17-23(26(36)37)31-25(35)24-29(2,3)44-19-34(24)45(40,41)22-6-5-11-30-18-22/h5-11,18,23-24H,4,12-17,19H2,1-3H3,(H,31,35)(H,36,37)/t23-,24+/m0/s1. The highest BCUT2D eigenvalue weighted by Gasteiger charge is 2.51. The number of piperazine rings is 1. The van der Waals surface area contributed by atoms with Crippen LogP contribution in [-0.4, -0.2) is 112 Å². The van der Waals surface area contributed by atoms with Crippen LogP contribution in [0.5, 0.6) is 5.75 Å². The highest BCUT2D eigenvalue weighted by atomic mass is 32.2. The van der Waals surface area contributed by atoms with Gasteiger partial charge in [0.05, 0.1) is 12.5 Å². The molecule has 1 aromatic heterocycles. The van der Waals surface area contributed by atoms with E-state index in [1.807, 2.05) is 6.92 Å². The molecule has 3 amide bonds. The molecule has 2 saturated heterocycles. The van der Waals surface area contributed by atoms with Crippen LogP contribution in [0.3, 0.4) is 0 Å². The number of rotatable bonds is 10. The van der Waals surface area contributed by atoms with Crippen molar-refractivity contribution in [1.82, 2.24) is 24.4 Å². The molecule has 2 atom stereocenters. The van der Waals surface area contributed by atoms with E-state index in [1.165, 1.54) is 58.2 Å². The molecule has 2 N–H and O–H groups in total. The second-order valence-corrected chi connectivity index (χ2v) is 14.6. The van der Waals surface area contributed by atoms with Crippen LogP contribution in [0, 0.1) is 0 Å². The molecule has 0 radical (unpaired) electrons. The van der Waals surface area contributed by atoms with Crippen molar-refractivity contribution in [1.29, 1.82) is 0 Å². The van der Waals surface area contributed by atoms with Crippen molar-refractivity contribution in [2.75, 3.05) is 38.7 Å². The van der Waals surface area contributed by atoms with Gasteiger partial charge in [0, 0.05) is 49.7 Å². The number of nitrogens with zero attached hydrogens (tertiary/aromatic N) is 4. The number of nitrogens with one attached hydrogen (secondary N) is 1. The Morgan fingerprint density at radius 1 is 1.07 bits per heavy atom. The molecule has 4 rings (SSSR count). The highest BCUT2D eigenvalue weighted by Crippen LogP contribution is 2.42. The van der Waals surface area contributed by atoms with Crippen LogP contribution in [0.2, 0.25) is 0 Å². The lowest BCUT2D eigenvalue weighted by Crippen LogP contribution is -2.56. The van der Waals surface area contributed by atoms with Gasteiger partial charge in [0.25, 0.3) is 0 Å². The van der Waals surface area contributed by atoms with Gasteiger partial charge in [-0.25, -0.2) is 22.8 Å². The molecule has 244 valence electrons. The van der Waals surface area contributed by atoms with E-state index < -0.39 is 50.9 Å². The molecule has 14 nitrogen and oxygen atoms in total. The summed E-state index contributed by atoms with van der Waals surface area (Å²) >= 11 is 1.28. The summed E-state index contributed by atoms with van der Waals surface area (Å²) in [6.07, 6.45) is 2.28. The molecule has 2 fully saturated rings. The summed E-state index contributed by atoms with van der Waals surface area (Å²) in [4.78, 5) is 57.1. The number of carbonyl (C=O) groups excluding carboxylic acids is 3. The molecule has 2 aliphatic heterocycles. The van der Waals surface area contributed by atoms with E-state index in [9.17, 15) is 32.7 Å². The minimum absolute atomic E-state index is 0.0153. The number of aliphatic carboxylic acids is 1. The van der Waals surface area contributed by atoms with Crippen molar-refractivity contribution in [3.8, 4) is 5.75 Å². The molecule has 2 aliphatic rings. The van der Waals surface area contributed by atoms with E-state index in [0.29, 0.717) is 25.3 Å². The molecule has 16 heteroatoms. The molecule has 45 heavy (non-hydrogen) atoms. The zero-order valence-electron chi connectivity index (χ0n) is 25.2. The normalized spacial score (nSPS) is 19.0. The summed E-state index contributed by atoms with van der Waals surface area (Å²) in [5.74, 6) is -1.76. The summed E-state index contributed by atoms with van der Waals surface area (Å²) in [7, 11) is -4.08. The molecule has 1 aromatic carbocycles. The van der Waals surface area contributed by atoms with Crippen LogP contribution in [0.25, 0.3) is 0 Å². The number of pyridine rings is 1. The van der Waals surface area contributed by atoms with Crippen LogP contribution in [-0.2, 0) is 30.8 Å². The van der Waals surface area contributed by atoms with Gasteiger partial charge in [-0.1, -0.05) is 19.1 Å². The fourth-order valence-electron chi connectivity index (χ4n) is 4.92. The van der Waals surface area contributed by atoms with Gasteiger partial charge in [-0.05, 0) is 50.1 Å². The Hall–Kier alpha value is -3.89. The maximum Gasteiger partial charge on any atom is 0.415 e. The molecular weight excluding hydrogens is 626 g/mol. The third-order valence-electron chi connectivity index (χ3n) is 7.41. The van der Waals surface area contributed by atoms with Gasteiger partial charge in [-0.15, -0.1) is 11.8 Å². The fourth-order valence-corrected chi connectivity index (χ4v) is 8.05. The summed E-state index contributed by atoms with van der Waals surface area (Å²) < 4.78 is 37.5. The SMILES string of the molecule is CCCOC(=O)N1CCN(C(=O)Oc2ccc(C[C@H](NC(=O)[C@H]3N(S(=O)(=O)c4cccnc4)CSC3(C)C)C(=O)O)cc2)CC1. The second kappa shape index (κ2) is 14.5. The quantitative estimate of drug-likeness (QED) is 0.382. The lowest BCUT2D eigenvalue weighted by atomic mass is 10.0. The summed E-state index contributed by atoms with van der Waals surface area (Å²) in [6.45, 7) is 6.93. The summed E-state index contributed by atoms with van der Waals surface area (Å²) in [6, 6.07) is 6.56. The van der Waals surface area contributed by atoms with Crippen molar-refractivity contribution in [3.63, 3.8) is 0 Å². The fraction of sp³-hybridized carbons (Fsp3) is 0.483. The first-order valence-corrected chi connectivity index (χ1v) is 16.8. The van der Waals surface area contributed by atoms with Gasteiger partial charge in [0.2, 0.25) is 15.9 Å². The van der Waals surface area contributed by atoms with Crippen molar-refractivity contribution >= 4 is 45.8 Å². The molecule has 0 aliphatic carbocycles. The monoisotopic (exact) mass is 663 g/mol. The van der Waals surface area contributed by atoms with Crippen LogP contribution in [0.4, 0.5) is 9.59 Å². The van der Waals surface area contributed by atoms with Gasteiger partial charge in [-0.3, -0.25) is 9.78 Å². The van der Waals surface area contributed by atoms with Gasteiger partial charge >= 0.3 is 18.2 Å². The topological polar surface area (TPSA) is 176 Å². The number of hydrogen-bond donors (Lipinski definition) is 2. The number of aromatic nitrogens is 1. The lowest BCUT2D eigenvalue weighted by molar-refractivity contribution is -0.142. The number of sulfonamides is 1. The van der Waals surface area contributed by atoms with Crippen molar-refractivity contribution in [3.05, 3.63) is 54.4 Å². The smallest absolute Gasteiger partial charge is 0.415 e. The van der Waals surface area contributed by atoms with Gasteiger partial charge < -0.3 is 29.7 Å². The largest absolute Gasteiger partial charge is 0.480 e. The number of amides is 3. The molecule has 0 bridgehead atoms. The minimum atomic E-state index is -4.08. The average Bonchev–Trinajstić information content (AvgIpc) is 3.36. The van der Waals surface area contributed by atoms with E-state index in [-0.39, 0.29) is 36.0 Å². The van der Waals surface area contributed by atoms with Crippen molar-refractivity contribution in [2.24, 2.45) is 0 Å². The van der Waals surface area contributed by atoms with E-state index in [2.05, 4.69) is 10.3 Å². The van der Waals surface area contributed by atoms with Gasteiger partial charge in [0.15, 0.2) is 0 Å². The number of ether oxygens (including phenoxy) is 2. The molecular formula is C29H37N5O9S2. The summed E-state index contributed by atoms with van der Waals surface area (Å²) in [5, 5.41) is 12.4. The highest BCUT2D eigenvalue weighted by molar-refractivity contribution is 8.02. The first-order valence-electron chi connectivity index (χ1n) is 14.4. The second-order valence-electron chi connectivity index (χ2n) is 11.1. The molecule has 2 aromatic rings. The Bertz CT molecular complexity index is 1480. The number of carboxylic acid groups (broad SMARTS) is 1. The van der Waals surface area contributed by atoms with E-state index in [4.69, 9.17) is 9.47 Å². The lowest BCUT2D eigenvalue weighted by Gasteiger charge is -2.33. The Kier molecular flexibility index (Phi) is 10.9. The number of benzene rings is 1. The van der Waals surface area contributed by atoms with E-state index >= 15 is 0 Å². The minimum Gasteiger partial charge on any atom is -0.480 e. The number of carbonyl (C=O) groups is 4. The van der Waals surface area contributed by atoms with Gasteiger partial charge in [-0.2, -0.15) is 4.31 Å². The predicted molar refractivity (Wildman–Crippen MR) is 164 cm³/mol. The zero-order chi connectivity index (χ0) is 32.8.